The van der Waals surface area contributed by atoms with Gasteiger partial charge in [-0.25, -0.2) is 0 Å². The molecule has 1 aliphatic rings. The number of nitrogen functional groups attached to an aromatic ring is 1. The van der Waals surface area contributed by atoms with Crippen molar-refractivity contribution < 1.29 is 4.74 Å². The lowest BCUT2D eigenvalue weighted by Crippen LogP contribution is -2.05. The molecule has 0 radical (unpaired) electrons. The molecule has 0 bridgehead atoms. The number of rotatable bonds is 1. The first kappa shape index (κ1) is 7.92. The Hall–Kier alpha value is -1.70. The van der Waals surface area contributed by atoms with Crippen LogP contribution in [-0.2, 0) is 0 Å². The Balaban J connectivity index is 2.48. The van der Waals surface area contributed by atoms with Crippen molar-refractivity contribution in [2.45, 2.75) is 0 Å². The van der Waals surface area contributed by atoms with Crippen molar-refractivity contribution in [2.24, 2.45) is 0 Å². The minimum absolute atomic E-state index is 0.583. The zero-order valence-corrected chi connectivity index (χ0v) is 7.29. The molecule has 2 nitrogen and oxygen atoms in total. The largest absolute Gasteiger partial charge is 0.488 e. The molecule has 1 aliphatic heterocycles. The Labute approximate surface area is 77.3 Å². The van der Waals surface area contributed by atoms with Crippen LogP contribution in [-0.4, -0.2) is 6.61 Å². The van der Waals surface area contributed by atoms with Crippen LogP contribution >= 0.6 is 0 Å². The van der Waals surface area contributed by atoms with Gasteiger partial charge in [0.25, 0.3) is 0 Å². The van der Waals surface area contributed by atoms with E-state index in [0.29, 0.717) is 6.61 Å². The fourth-order valence-electron chi connectivity index (χ4n) is 1.32. The molecule has 0 fully saturated rings. The Morgan fingerprint density at radius 2 is 2.31 bits per heavy atom. The summed E-state index contributed by atoms with van der Waals surface area (Å²) in [7, 11) is 0. The smallest absolute Gasteiger partial charge is 0.129 e. The molecule has 1 aromatic rings. The highest BCUT2D eigenvalue weighted by atomic mass is 16.5. The molecular formula is C11H11NO. The number of fused-ring (bicyclic) bond motifs is 1. The van der Waals surface area contributed by atoms with E-state index < -0.39 is 0 Å². The van der Waals surface area contributed by atoms with Gasteiger partial charge in [0.05, 0.1) is 0 Å². The maximum atomic E-state index is 5.63. The summed E-state index contributed by atoms with van der Waals surface area (Å²) in [4.78, 5) is 0. The van der Waals surface area contributed by atoms with Crippen LogP contribution in [0, 0.1) is 0 Å². The molecule has 1 heterocycles. The van der Waals surface area contributed by atoms with Crippen LogP contribution in [0.2, 0.25) is 0 Å². The van der Waals surface area contributed by atoms with Gasteiger partial charge in [-0.3, -0.25) is 0 Å². The minimum Gasteiger partial charge on any atom is -0.488 e. The summed E-state index contributed by atoms with van der Waals surface area (Å²) in [6.45, 7) is 4.29. The molecule has 2 rings (SSSR count). The van der Waals surface area contributed by atoms with Crippen LogP contribution in [0.4, 0.5) is 5.69 Å². The molecule has 0 unspecified atom stereocenters. The normalized spacial score (nSPS) is 14.0. The van der Waals surface area contributed by atoms with Gasteiger partial charge in [-0.2, -0.15) is 0 Å². The quantitative estimate of drug-likeness (QED) is 0.661. The van der Waals surface area contributed by atoms with Crippen molar-refractivity contribution in [3.63, 3.8) is 0 Å². The topological polar surface area (TPSA) is 35.2 Å². The Bertz CT molecular complexity index is 380. The molecule has 1 aromatic carbocycles. The van der Waals surface area contributed by atoms with Crippen molar-refractivity contribution in [3.05, 3.63) is 42.0 Å². The monoisotopic (exact) mass is 173 g/mol. The van der Waals surface area contributed by atoms with Crippen LogP contribution in [0.15, 0.2) is 36.4 Å². The Kier molecular flexibility index (Phi) is 1.81. The second kappa shape index (κ2) is 2.98. The van der Waals surface area contributed by atoms with E-state index in [1.807, 2.05) is 18.2 Å². The highest BCUT2D eigenvalue weighted by Crippen LogP contribution is 2.28. The van der Waals surface area contributed by atoms with E-state index in [2.05, 4.69) is 12.7 Å². The number of benzene rings is 1. The Morgan fingerprint density at radius 1 is 1.46 bits per heavy atom. The van der Waals surface area contributed by atoms with Gasteiger partial charge in [0.15, 0.2) is 0 Å². The van der Waals surface area contributed by atoms with Gasteiger partial charge in [-0.15, -0.1) is 0 Å². The maximum absolute atomic E-state index is 5.63. The summed E-state index contributed by atoms with van der Waals surface area (Å²) in [5, 5.41) is 0. The molecule has 2 heteroatoms. The van der Waals surface area contributed by atoms with Gasteiger partial charge in [-0.05, 0) is 23.8 Å². The van der Waals surface area contributed by atoms with E-state index in [9.17, 15) is 0 Å². The van der Waals surface area contributed by atoms with Gasteiger partial charge in [0.2, 0.25) is 0 Å². The second-order valence-corrected chi connectivity index (χ2v) is 3.01. The van der Waals surface area contributed by atoms with Gasteiger partial charge in [0, 0.05) is 17.3 Å². The van der Waals surface area contributed by atoms with Crippen molar-refractivity contribution in [1.29, 1.82) is 0 Å². The summed E-state index contributed by atoms with van der Waals surface area (Å²) >= 11 is 0. The predicted molar refractivity (Wildman–Crippen MR) is 54.5 cm³/mol. The number of ether oxygens (including phenoxy) is 1. The molecule has 0 spiro atoms. The third kappa shape index (κ3) is 1.43. The van der Waals surface area contributed by atoms with Crippen LogP contribution < -0.4 is 10.5 Å². The van der Waals surface area contributed by atoms with Crippen molar-refractivity contribution >= 4 is 11.8 Å². The molecule has 66 valence electrons. The average molecular weight is 173 g/mol. The van der Waals surface area contributed by atoms with Crippen molar-refractivity contribution in [1.82, 2.24) is 0 Å². The molecule has 0 atom stereocenters. The molecule has 13 heavy (non-hydrogen) atoms. The molecule has 0 amide bonds. The van der Waals surface area contributed by atoms with E-state index in [0.717, 1.165) is 22.6 Å². The van der Waals surface area contributed by atoms with E-state index >= 15 is 0 Å². The zero-order valence-electron chi connectivity index (χ0n) is 7.29. The number of hydrogen-bond acceptors (Lipinski definition) is 2. The molecular weight excluding hydrogens is 162 g/mol. The fraction of sp³-hybridized carbons (Fsp3) is 0.0909. The fourth-order valence-corrected chi connectivity index (χ4v) is 1.32. The van der Waals surface area contributed by atoms with Gasteiger partial charge in [0.1, 0.15) is 12.4 Å². The maximum Gasteiger partial charge on any atom is 0.129 e. The average Bonchev–Trinajstić information content (AvgIpc) is 2.17. The number of hydrogen-bond donors (Lipinski definition) is 1. The third-order valence-corrected chi connectivity index (χ3v) is 2.04. The van der Waals surface area contributed by atoms with Gasteiger partial charge < -0.3 is 10.5 Å². The Morgan fingerprint density at radius 3 is 3.08 bits per heavy atom. The first-order valence-corrected chi connectivity index (χ1v) is 4.15. The number of anilines is 1. The lowest BCUT2D eigenvalue weighted by molar-refractivity contribution is 0.351. The molecule has 0 saturated carbocycles. The zero-order chi connectivity index (χ0) is 9.26. The van der Waals surface area contributed by atoms with Crippen LogP contribution in [0.3, 0.4) is 0 Å². The molecule has 2 N–H and O–H groups in total. The van der Waals surface area contributed by atoms with Crippen molar-refractivity contribution in [3.8, 4) is 5.75 Å². The van der Waals surface area contributed by atoms with E-state index in [1.165, 1.54) is 0 Å². The van der Waals surface area contributed by atoms with Crippen molar-refractivity contribution in [2.75, 3.05) is 12.3 Å². The predicted octanol–water partition coefficient (Wildman–Crippen LogP) is 2.23. The summed E-state index contributed by atoms with van der Waals surface area (Å²) in [6, 6.07) is 5.66. The molecule has 0 saturated heterocycles. The first-order chi connectivity index (χ1) is 6.29. The highest BCUT2D eigenvalue weighted by molar-refractivity contribution is 5.67. The van der Waals surface area contributed by atoms with Gasteiger partial charge in [-0.1, -0.05) is 12.7 Å². The third-order valence-electron chi connectivity index (χ3n) is 2.04. The lowest BCUT2D eigenvalue weighted by Gasteiger charge is -2.16. The van der Waals surface area contributed by atoms with E-state index in [1.54, 1.807) is 6.08 Å². The molecule has 0 aromatic heterocycles. The first-order valence-electron chi connectivity index (χ1n) is 4.15. The highest BCUT2D eigenvalue weighted by Gasteiger charge is 2.08. The van der Waals surface area contributed by atoms with Crippen LogP contribution in [0.1, 0.15) is 5.56 Å². The van der Waals surface area contributed by atoms with Crippen LogP contribution in [0.25, 0.3) is 6.08 Å². The minimum atomic E-state index is 0.583. The van der Waals surface area contributed by atoms with E-state index in [4.69, 9.17) is 10.5 Å². The summed E-state index contributed by atoms with van der Waals surface area (Å²) in [6.07, 6.45) is 3.87. The summed E-state index contributed by atoms with van der Waals surface area (Å²) < 4.78 is 5.49. The number of nitrogens with two attached hydrogens (primary N) is 1. The lowest BCUT2D eigenvalue weighted by atomic mass is 10.1. The standard InChI is InChI=1S/C11H11NO/c1-2-8-5-9-3-4-10(12)6-11(9)13-7-8/h2-6H,1,7,12H2. The van der Waals surface area contributed by atoms with E-state index in [-0.39, 0.29) is 0 Å². The summed E-state index contributed by atoms with van der Waals surface area (Å²) in [5.74, 6) is 0.852. The molecule has 0 aliphatic carbocycles. The second-order valence-electron chi connectivity index (χ2n) is 3.01. The van der Waals surface area contributed by atoms with Crippen LogP contribution in [0.5, 0.6) is 5.75 Å². The summed E-state index contributed by atoms with van der Waals surface area (Å²) in [5.41, 5.74) is 8.52. The van der Waals surface area contributed by atoms with Gasteiger partial charge >= 0.3 is 0 Å². The SMILES string of the molecule is C=CC1=Cc2ccc(N)cc2OC1.